The number of urea groups is 1. The van der Waals surface area contributed by atoms with Gasteiger partial charge in [0.2, 0.25) is 6.79 Å². The summed E-state index contributed by atoms with van der Waals surface area (Å²) in [5.74, 6) is 1.53. The second-order valence-electron chi connectivity index (χ2n) is 7.36. The van der Waals surface area contributed by atoms with E-state index in [0.29, 0.717) is 32.8 Å². The van der Waals surface area contributed by atoms with Crippen molar-refractivity contribution in [3.05, 3.63) is 23.8 Å². The summed E-state index contributed by atoms with van der Waals surface area (Å²) >= 11 is 0. The summed E-state index contributed by atoms with van der Waals surface area (Å²) in [7, 11) is 0. The maximum atomic E-state index is 12.6. The Morgan fingerprint density at radius 3 is 2.88 bits per heavy atom. The normalized spacial score (nSPS) is 24.3. The first-order valence-electron chi connectivity index (χ1n) is 9.35. The quantitative estimate of drug-likeness (QED) is 0.854. The zero-order chi connectivity index (χ0) is 18.0. The molecule has 0 saturated carbocycles. The Kier molecular flexibility index (Phi) is 4.91. The highest BCUT2D eigenvalue weighted by molar-refractivity contribution is 5.74. The first-order chi connectivity index (χ1) is 12.7. The number of piperidine rings is 1. The lowest BCUT2D eigenvalue weighted by Crippen LogP contribution is -2.51. The molecule has 7 heteroatoms. The minimum Gasteiger partial charge on any atom is -0.454 e. The van der Waals surface area contributed by atoms with Gasteiger partial charge in [0.15, 0.2) is 11.5 Å². The largest absolute Gasteiger partial charge is 0.454 e. The monoisotopic (exact) mass is 362 g/mol. The number of nitrogens with zero attached hydrogens (tertiary/aromatic N) is 1. The van der Waals surface area contributed by atoms with Crippen molar-refractivity contribution < 1.29 is 24.1 Å². The summed E-state index contributed by atoms with van der Waals surface area (Å²) in [4.78, 5) is 14.3. The number of carbonyl (C=O) groups excluding carboxylic acids is 1. The average Bonchev–Trinajstić information content (AvgIpc) is 3.15. The van der Waals surface area contributed by atoms with Crippen molar-refractivity contribution in [2.24, 2.45) is 0 Å². The van der Waals surface area contributed by atoms with Gasteiger partial charge in [-0.05, 0) is 43.4 Å². The molecular weight excluding hydrogens is 336 g/mol. The van der Waals surface area contributed by atoms with Gasteiger partial charge in [-0.1, -0.05) is 6.07 Å². The van der Waals surface area contributed by atoms with Gasteiger partial charge in [0.05, 0.1) is 6.10 Å². The zero-order valence-electron chi connectivity index (χ0n) is 14.9. The van der Waals surface area contributed by atoms with Gasteiger partial charge in [0.1, 0.15) is 0 Å². The molecule has 26 heavy (non-hydrogen) atoms. The molecule has 1 atom stereocenters. The van der Waals surface area contributed by atoms with E-state index in [0.717, 1.165) is 42.7 Å². The van der Waals surface area contributed by atoms with Gasteiger partial charge >= 0.3 is 6.03 Å². The van der Waals surface area contributed by atoms with Gasteiger partial charge in [0, 0.05) is 38.3 Å². The minimum atomic E-state index is -0.416. The maximum absolute atomic E-state index is 12.6. The van der Waals surface area contributed by atoms with E-state index in [1.54, 1.807) is 4.90 Å². The molecule has 0 radical (unpaired) electrons. The average molecular weight is 362 g/mol. The summed E-state index contributed by atoms with van der Waals surface area (Å²) in [6.07, 6.45) is 2.88. The molecule has 1 aromatic carbocycles. The fourth-order valence-electron chi connectivity index (χ4n) is 4.05. The molecule has 0 aliphatic carbocycles. The summed E-state index contributed by atoms with van der Waals surface area (Å²) in [5, 5.41) is 12.9. The molecule has 0 bridgehead atoms. The smallest absolute Gasteiger partial charge is 0.317 e. The number of fused-ring (bicyclic) bond motifs is 1. The minimum absolute atomic E-state index is 0.102. The van der Waals surface area contributed by atoms with Gasteiger partial charge in [-0.25, -0.2) is 4.79 Å². The number of benzene rings is 1. The Bertz CT molecular complexity index is 659. The molecule has 2 amide bonds. The van der Waals surface area contributed by atoms with Crippen LogP contribution in [0.5, 0.6) is 11.5 Å². The van der Waals surface area contributed by atoms with Gasteiger partial charge < -0.3 is 29.5 Å². The topological polar surface area (TPSA) is 80.3 Å². The number of aliphatic hydroxyl groups is 1. The van der Waals surface area contributed by atoms with Crippen molar-refractivity contribution >= 4 is 6.03 Å². The van der Waals surface area contributed by atoms with E-state index in [2.05, 4.69) is 11.4 Å². The predicted octanol–water partition coefficient (Wildman–Crippen LogP) is 1.63. The van der Waals surface area contributed by atoms with Gasteiger partial charge in [0.25, 0.3) is 0 Å². The fraction of sp³-hybridized carbons (Fsp3) is 0.632. The molecule has 1 unspecified atom stereocenters. The van der Waals surface area contributed by atoms with Gasteiger partial charge in [-0.15, -0.1) is 0 Å². The summed E-state index contributed by atoms with van der Waals surface area (Å²) in [6.45, 7) is 3.25. The number of rotatable bonds is 3. The Morgan fingerprint density at radius 2 is 2.08 bits per heavy atom. The van der Waals surface area contributed by atoms with Crippen LogP contribution in [-0.2, 0) is 10.2 Å². The lowest BCUT2D eigenvalue weighted by molar-refractivity contribution is 0.0487. The highest BCUT2D eigenvalue weighted by atomic mass is 16.7. The van der Waals surface area contributed by atoms with Crippen LogP contribution in [0.3, 0.4) is 0 Å². The lowest BCUT2D eigenvalue weighted by Gasteiger charge is -2.39. The summed E-state index contributed by atoms with van der Waals surface area (Å²) in [5.41, 5.74) is 0.965. The van der Waals surface area contributed by atoms with Crippen LogP contribution in [0.1, 0.15) is 31.2 Å². The number of likely N-dealkylation sites (tertiary alicyclic amines) is 1. The van der Waals surface area contributed by atoms with Crippen LogP contribution in [0.25, 0.3) is 0 Å². The number of amides is 2. The van der Waals surface area contributed by atoms with Crippen LogP contribution in [0.15, 0.2) is 18.2 Å². The third kappa shape index (κ3) is 3.46. The first kappa shape index (κ1) is 17.4. The molecule has 3 aliphatic heterocycles. The molecule has 2 N–H and O–H groups in total. The van der Waals surface area contributed by atoms with Crippen LogP contribution < -0.4 is 14.8 Å². The predicted molar refractivity (Wildman–Crippen MR) is 94.5 cm³/mol. The molecular formula is C19H26N2O5. The molecule has 142 valence electrons. The third-order valence-electron chi connectivity index (χ3n) is 5.70. The van der Waals surface area contributed by atoms with E-state index in [4.69, 9.17) is 14.2 Å². The van der Waals surface area contributed by atoms with Gasteiger partial charge in [-0.2, -0.15) is 0 Å². The molecule has 1 aromatic rings. The van der Waals surface area contributed by atoms with Crippen LogP contribution in [0, 0.1) is 0 Å². The molecule has 2 saturated heterocycles. The molecule has 0 aromatic heterocycles. The number of hydrogen-bond donors (Lipinski definition) is 2. The summed E-state index contributed by atoms with van der Waals surface area (Å²) in [6, 6.07) is 5.94. The summed E-state index contributed by atoms with van der Waals surface area (Å²) < 4.78 is 16.5. The second kappa shape index (κ2) is 7.32. The number of hydrogen-bond acceptors (Lipinski definition) is 5. The molecule has 4 rings (SSSR count). The fourth-order valence-corrected chi connectivity index (χ4v) is 4.05. The Labute approximate surface area is 153 Å². The number of ether oxygens (including phenoxy) is 3. The van der Waals surface area contributed by atoms with Crippen molar-refractivity contribution in [1.82, 2.24) is 10.2 Å². The van der Waals surface area contributed by atoms with Crippen molar-refractivity contribution in [2.75, 3.05) is 39.6 Å². The van der Waals surface area contributed by atoms with E-state index in [-0.39, 0.29) is 18.2 Å². The van der Waals surface area contributed by atoms with Crippen molar-refractivity contribution in [1.29, 1.82) is 0 Å². The van der Waals surface area contributed by atoms with Gasteiger partial charge in [-0.3, -0.25) is 0 Å². The zero-order valence-corrected chi connectivity index (χ0v) is 14.9. The van der Waals surface area contributed by atoms with Crippen molar-refractivity contribution in [3.63, 3.8) is 0 Å². The Balaban J connectivity index is 1.49. The van der Waals surface area contributed by atoms with Crippen LogP contribution in [0.4, 0.5) is 4.79 Å². The highest BCUT2D eigenvalue weighted by Crippen LogP contribution is 2.40. The Morgan fingerprint density at radius 1 is 1.27 bits per heavy atom. The maximum Gasteiger partial charge on any atom is 0.317 e. The first-order valence-corrected chi connectivity index (χ1v) is 9.35. The number of carbonyl (C=O) groups is 1. The lowest BCUT2D eigenvalue weighted by atomic mass is 9.74. The molecule has 3 aliphatic rings. The number of β-amino-alcohol motifs (C(OH)–C–C–N with tert-alkyl or cyclic N) is 1. The standard InChI is InChI=1S/C19H26N2O5/c22-15-2-1-7-21(11-15)18(23)20-12-19(5-8-24-9-6-19)14-3-4-16-17(10-14)26-13-25-16/h3-4,10,15,22H,1-2,5-9,11-13H2,(H,20,23). The van der Waals surface area contributed by atoms with E-state index in [1.165, 1.54) is 0 Å². The van der Waals surface area contributed by atoms with E-state index >= 15 is 0 Å². The third-order valence-corrected chi connectivity index (χ3v) is 5.70. The molecule has 0 spiro atoms. The van der Waals surface area contributed by atoms with Crippen LogP contribution in [-0.4, -0.2) is 61.8 Å². The van der Waals surface area contributed by atoms with E-state index in [1.807, 2.05) is 12.1 Å². The SMILES string of the molecule is O=C(NCC1(c2ccc3c(c2)OCO3)CCOCC1)N1CCCC(O)C1. The number of aliphatic hydroxyl groups excluding tert-OH is 1. The van der Waals surface area contributed by atoms with E-state index < -0.39 is 6.10 Å². The Hall–Kier alpha value is -1.99. The number of nitrogens with one attached hydrogen (secondary N) is 1. The van der Waals surface area contributed by atoms with Crippen molar-refractivity contribution in [3.8, 4) is 11.5 Å². The molecule has 7 nitrogen and oxygen atoms in total. The molecule has 3 heterocycles. The van der Waals surface area contributed by atoms with Crippen molar-refractivity contribution in [2.45, 2.75) is 37.2 Å². The second-order valence-corrected chi connectivity index (χ2v) is 7.36. The van der Waals surface area contributed by atoms with Crippen LogP contribution in [0.2, 0.25) is 0 Å². The van der Waals surface area contributed by atoms with E-state index in [9.17, 15) is 9.90 Å². The van der Waals surface area contributed by atoms with Crippen LogP contribution >= 0.6 is 0 Å². The highest BCUT2D eigenvalue weighted by Gasteiger charge is 2.36. The molecule has 2 fully saturated rings.